The minimum Gasteiger partial charge on any atom is -0.294 e. The Kier molecular flexibility index (Phi) is 2.60. The lowest BCUT2D eigenvalue weighted by atomic mass is 9.95. The number of fused-ring (bicyclic) bond motifs is 1. The van der Waals surface area contributed by atoms with Crippen molar-refractivity contribution in [3.8, 4) is 0 Å². The van der Waals surface area contributed by atoms with Crippen molar-refractivity contribution in [2.24, 2.45) is 16.7 Å². The molecular weight excluding hydrogens is 251 g/mol. The lowest BCUT2D eigenvalue weighted by Gasteiger charge is -2.08. The zero-order valence-electron chi connectivity index (χ0n) is 12.3. The fraction of sp³-hybridized carbons (Fsp3) is 0.389. The van der Waals surface area contributed by atoms with Gasteiger partial charge < -0.3 is 0 Å². The molecule has 0 atom stereocenters. The van der Waals surface area contributed by atoms with E-state index in [1.54, 1.807) is 18.2 Å². The van der Waals surface area contributed by atoms with Gasteiger partial charge in [-0.15, -0.1) is 0 Å². The third-order valence-corrected chi connectivity index (χ3v) is 5.42. The molecule has 1 aliphatic rings. The molecule has 0 heterocycles. The van der Waals surface area contributed by atoms with Crippen LogP contribution >= 0.6 is 0 Å². The number of ketones is 1. The second kappa shape index (κ2) is 3.91. The largest absolute Gasteiger partial charge is 0.294 e. The number of hydrogen-bond acceptors (Lipinski definition) is 1. The normalized spacial score (nSPS) is 20.1. The van der Waals surface area contributed by atoms with Gasteiger partial charge in [0.15, 0.2) is 5.78 Å². The minimum absolute atomic E-state index is 0.000424. The van der Waals surface area contributed by atoms with Crippen LogP contribution in [0.2, 0.25) is 0 Å². The van der Waals surface area contributed by atoms with Crippen LogP contribution in [-0.2, 0) is 0 Å². The molecule has 20 heavy (non-hydrogen) atoms. The molecule has 0 amide bonds. The van der Waals surface area contributed by atoms with Gasteiger partial charge in [-0.2, -0.15) is 0 Å². The van der Waals surface area contributed by atoms with E-state index in [1.807, 2.05) is 12.1 Å². The first-order chi connectivity index (χ1) is 9.28. The quantitative estimate of drug-likeness (QED) is 0.713. The van der Waals surface area contributed by atoms with E-state index in [4.69, 9.17) is 0 Å². The molecule has 0 aromatic heterocycles. The predicted octanol–water partition coefficient (Wildman–Crippen LogP) is 4.84. The minimum atomic E-state index is -0.272. The van der Waals surface area contributed by atoms with Crippen LogP contribution in [0.4, 0.5) is 4.39 Å². The van der Waals surface area contributed by atoms with Crippen LogP contribution in [0, 0.1) is 22.6 Å². The molecule has 2 aromatic rings. The topological polar surface area (TPSA) is 17.1 Å². The molecule has 104 valence electrons. The highest BCUT2D eigenvalue weighted by Gasteiger charge is 2.67. The van der Waals surface area contributed by atoms with Crippen molar-refractivity contribution in [2.75, 3.05) is 0 Å². The Morgan fingerprint density at radius 1 is 0.950 bits per heavy atom. The molecule has 0 unspecified atom stereocenters. The lowest BCUT2D eigenvalue weighted by Crippen LogP contribution is -2.08. The summed E-state index contributed by atoms with van der Waals surface area (Å²) in [4.78, 5) is 12.8. The van der Waals surface area contributed by atoms with Gasteiger partial charge in [-0.05, 0) is 28.3 Å². The second-order valence-corrected chi connectivity index (χ2v) is 6.88. The van der Waals surface area contributed by atoms with Gasteiger partial charge in [0.1, 0.15) is 5.82 Å². The van der Waals surface area contributed by atoms with Gasteiger partial charge in [0.25, 0.3) is 0 Å². The van der Waals surface area contributed by atoms with Crippen molar-refractivity contribution in [1.29, 1.82) is 0 Å². The molecule has 0 spiro atoms. The Balaban J connectivity index is 2.13. The molecule has 0 aliphatic heterocycles. The summed E-state index contributed by atoms with van der Waals surface area (Å²) in [5.74, 6) is -0.133. The maximum absolute atomic E-state index is 13.8. The van der Waals surface area contributed by atoms with Crippen molar-refractivity contribution >= 4 is 16.6 Å². The molecule has 0 N–H and O–H groups in total. The van der Waals surface area contributed by atoms with Gasteiger partial charge in [0.2, 0.25) is 0 Å². The van der Waals surface area contributed by atoms with E-state index in [2.05, 4.69) is 27.7 Å². The SMILES string of the molecule is CC1(C)C(C(=O)c2ccc(F)c3ccccc23)C1(C)C. The Bertz CT molecular complexity index is 698. The van der Waals surface area contributed by atoms with E-state index in [9.17, 15) is 9.18 Å². The van der Waals surface area contributed by atoms with Gasteiger partial charge >= 0.3 is 0 Å². The Morgan fingerprint density at radius 3 is 2.05 bits per heavy atom. The third kappa shape index (κ3) is 1.57. The average molecular weight is 270 g/mol. The van der Waals surface area contributed by atoms with Crippen molar-refractivity contribution in [1.82, 2.24) is 0 Å². The Morgan fingerprint density at radius 2 is 1.50 bits per heavy atom. The first kappa shape index (κ1) is 13.3. The second-order valence-electron chi connectivity index (χ2n) is 6.88. The highest BCUT2D eigenvalue weighted by Crippen LogP contribution is 2.69. The smallest absolute Gasteiger partial charge is 0.167 e. The van der Waals surface area contributed by atoms with Crippen LogP contribution in [0.25, 0.3) is 10.8 Å². The van der Waals surface area contributed by atoms with E-state index in [0.29, 0.717) is 10.9 Å². The van der Waals surface area contributed by atoms with Gasteiger partial charge in [0, 0.05) is 16.9 Å². The number of hydrogen-bond donors (Lipinski definition) is 0. The third-order valence-electron chi connectivity index (χ3n) is 5.42. The van der Waals surface area contributed by atoms with Crippen LogP contribution in [0.1, 0.15) is 38.1 Å². The first-order valence-electron chi connectivity index (χ1n) is 7.00. The van der Waals surface area contributed by atoms with Crippen LogP contribution in [-0.4, -0.2) is 5.78 Å². The number of carbonyl (C=O) groups excluding carboxylic acids is 1. The monoisotopic (exact) mass is 270 g/mol. The van der Waals surface area contributed by atoms with Crippen LogP contribution in [0.3, 0.4) is 0 Å². The summed E-state index contributed by atoms with van der Waals surface area (Å²) >= 11 is 0. The maximum Gasteiger partial charge on any atom is 0.167 e. The van der Waals surface area contributed by atoms with Crippen molar-refractivity contribution in [3.05, 3.63) is 47.8 Å². The van der Waals surface area contributed by atoms with E-state index < -0.39 is 0 Å². The maximum atomic E-state index is 13.8. The molecule has 1 nitrogen and oxygen atoms in total. The number of benzene rings is 2. The molecule has 0 radical (unpaired) electrons. The molecular formula is C18H19FO. The molecule has 1 aliphatic carbocycles. The number of Topliss-reactive ketones (excluding diaryl/α,β-unsaturated/α-hetero) is 1. The molecule has 2 aromatic carbocycles. The molecule has 1 saturated carbocycles. The molecule has 0 bridgehead atoms. The van der Waals surface area contributed by atoms with Gasteiger partial charge in [0.05, 0.1) is 0 Å². The average Bonchev–Trinajstić information content (AvgIpc) is 2.80. The van der Waals surface area contributed by atoms with Crippen molar-refractivity contribution in [2.45, 2.75) is 27.7 Å². The van der Waals surface area contributed by atoms with Crippen molar-refractivity contribution in [3.63, 3.8) is 0 Å². The Labute approximate surface area is 118 Å². The molecule has 0 saturated heterocycles. The summed E-state index contributed by atoms with van der Waals surface area (Å²) in [5, 5.41) is 1.24. The van der Waals surface area contributed by atoms with Crippen LogP contribution in [0.15, 0.2) is 36.4 Å². The summed E-state index contributed by atoms with van der Waals surface area (Å²) in [6.45, 7) is 8.51. The zero-order valence-corrected chi connectivity index (χ0v) is 12.3. The van der Waals surface area contributed by atoms with Crippen LogP contribution < -0.4 is 0 Å². The number of halogens is 1. The molecule has 3 rings (SSSR count). The predicted molar refractivity (Wildman–Crippen MR) is 79.3 cm³/mol. The van der Waals surface area contributed by atoms with Gasteiger partial charge in [-0.1, -0.05) is 52.0 Å². The highest BCUT2D eigenvalue weighted by atomic mass is 19.1. The Hall–Kier alpha value is -1.70. The standard InChI is InChI=1S/C18H19FO/c1-17(2)16(18(17,3)4)15(20)13-9-10-14(19)12-8-6-5-7-11(12)13/h5-10,16H,1-4H3. The number of rotatable bonds is 2. The summed E-state index contributed by atoms with van der Waals surface area (Å²) in [6, 6.07) is 10.2. The summed E-state index contributed by atoms with van der Waals surface area (Å²) in [6.07, 6.45) is 0. The summed E-state index contributed by atoms with van der Waals surface area (Å²) < 4.78 is 13.8. The van der Waals surface area contributed by atoms with Crippen molar-refractivity contribution < 1.29 is 9.18 Å². The fourth-order valence-corrected chi connectivity index (χ4v) is 3.48. The fourth-order valence-electron chi connectivity index (χ4n) is 3.48. The lowest BCUT2D eigenvalue weighted by molar-refractivity contribution is 0.0947. The van der Waals surface area contributed by atoms with Gasteiger partial charge in [-0.25, -0.2) is 4.39 Å². The highest BCUT2D eigenvalue weighted by molar-refractivity contribution is 6.11. The van der Waals surface area contributed by atoms with Crippen LogP contribution in [0.5, 0.6) is 0 Å². The van der Waals surface area contributed by atoms with E-state index >= 15 is 0 Å². The molecule has 1 fully saturated rings. The van der Waals surface area contributed by atoms with Gasteiger partial charge in [-0.3, -0.25) is 4.79 Å². The zero-order chi connectivity index (χ0) is 14.7. The van der Waals surface area contributed by atoms with E-state index in [1.165, 1.54) is 6.07 Å². The first-order valence-corrected chi connectivity index (χ1v) is 7.00. The van der Waals surface area contributed by atoms with E-state index in [-0.39, 0.29) is 28.3 Å². The van der Waals surface area contributed by atoms with E-state index in [0.717, 1.165) is 5.39 Å². The molecule has 2 heteroatoms. The number of carbonyl (C=O) groups is 1. The summed E-state index contributed by atoms with van der Waals surface area (Å²) in [7, 11) is 0. The summed E-state index contributed by atoms with van der Waals surface area (Å²) in [5.41, 5.74) is 0.643.